The molecule has 0 heterocycles. The molecule has 0 atom stereocenters. The van der Waals surface area contributed by atoms with Gasteiger partial charge in [0.2, 0.25) is 0 Å². The maximum absolute atomic E-state index is 12.2. The van der Waals surface area contributed by atoms with Crippen molar-refractivity contribution in [2.45, 2.75) is 12.8 Å². The van der Waals surface area contributed by atoms with Gasteiger partial charge >= 0.3 is 11.9 Å². The summed E-state index contributed by atoms with van der Waals surface area (Å²) in [6.45, 7) is 1.72. The predicted molar refractivity (Wildman–Crippen MR) is 31.8 cm³/mol. The van der Waals surface area contributed by atoms with Gasteiger partial charge in [0.1, 0.15) is 0 Å². The summed E-state index contributed by atoms with van der Waals surface area (Å²) >= 11 is 0. The molecule has 0 N–H and O–H groups in total. The summed E-state index contributed by atoms with van der Waals surface area (Å²) in [5, 5.41) is 0. The number of rotatable bonds is 3. The van der Waals surface area contributed by atoms with Crippen LogP contribution in [0.15, 0.2) is 12.3 Å². The van der Waals surface area contributed by atoms with Crippen LogP contribution < -0.4 is 0 Å². The first-order valence-electron chi connectivity index (χ1n) is 2.71. The van der Waals surface area contributed by atoms with Gasteiger partial charge in [0.25, 0.3) is 0 Å². The fraction of sp³-hybridized carbons (Fsp3) is 0.500. The second-order valence-corrected chi connectivity index (χ2v) is 1.85. The Hall–Kier alpha value is -1.00. The summed E-state index contributed by atoms with van der Waals surface area (Å²) < 4.78 is 39.7. The third-order valence-electron chi connectivity index (χ3n) is 0.843. The molecular weight excluding hydrogens is 161 g/mol. The number of ether oxygens (including phenoxy) is 1. The van der Waals surface area contributed by atoms with Crippen LogP contribution in [0.2, 0.25) is 0 Å². The van der Waals surface area contributed by atoms with Crippen molar-refractivity contribution in [1.82, 2.24) is 0 Å². The van der Waals surface area contributed by atoms with E-state index in [0.717, 1.165) is 6.92 Å². The highest BCUT2D eigenvalue weighted by atomic mass is 19.3. The van der Waals surface area contributed by atoms with Gasteiger partial charge in [-0.25, -0.2) is 4.39 Å². The Morgan fingerprint density at radius 1 is 1.64 bits per heavy atom. The molecule has 0 rings (SSSR count). The molecular formula is C6H7F3O2. The van der Waals surface area contributed by atoms with Gasteiger partial charge in [-0.05, 0) is 0 Å². The molecule has 0 aromatic rings. The molecule has 0 aromatic carbocycles. The molecule has 0 saturated carbocycles. The number of hydrogen-bond acceptors (Lipinski definition) is 2. The lowest BCUT2D eigenvalue weighted by molar-refractivity contribution is -0.142. The molecule has 0 aliphatic rings. The van der Waals surface area contributed by atoms with E-state index in [1.807, 2.05) is 0 Å². The summed E-state index contributed by atoms with van der Waals surface area (Å²) in [6, 6.07) is 0. The SMILES string of the molecule is C=C(OC(C)=O)C(F)(F)CF. The van der Waals surface area contributed by atoms with E-state index in [-0.39, 0.29) is 0 Å². The van der Waals surface area contributed by atoms with E-state index in [1.165, 1.54) is 0 Å². The van der Waals surface area contributed by atoms with Gasteiger partial charge in [0, 0.05) is 6.92 Å². The molecule has 2 nitrogen and oxygen atoms in total. The van der Waals surface area contributed by atoms with E-state index in [0.29, 0.717) is 0 Å². The average molecular weight is 168 g/mol. The molecule has 5 heteroatoms. The summed E-state index contributed by atoms with van der Waals surface area (Å²) in [6.07, 6.45) is 0. The van der Waals surface area contributed by atoms with Crippen molar-refractivity contribution in [2.24, 2.45) is 0 Å². The van der Waals surface area contributed by atoms with E-state index in [2.05, 4.69) is 11.3 Å². The maximum Gasteiger partial charge on any atom is 0.331 e. The van der Waals surface area contributed by atoms with Crippen molar-refractivity contribution in [1.29, 1.82) is 0 Å². The quantitative estimate of drug-likeness (QED) is 0.473. The Morgan fingerprint density at radius 2 is 2.09 bits per heavy atom. The number of allylic oxidation sites excluding steroid dienone is 1. The molecule has 0 aliphatic heterocycles. The molecule has 0 aromatic heterocycles. The Morgan fingerprint density at radius 3 is 2.36 bits per heavy atom. The third kappa shape index (κ3) is 3.06. The van der Waals surface area contributed by atoms with Crippen molar-refractivity contribution < 1.29 is 22.7 Å². The summed E-state index contributed by atoms with van der Waals surface area (Å²) in [7, 11) is 0. The maximum atomic E-state index is 12.2. The molecule has 11 heavy (non-hydrogen) atoms. The van der Waals surface area contributed by atoms with Gasteiger partial charge in [0.15, 0.2) is 12.4 Å². The van der Waals surface area contributed by atoms with Crippen LogP contribution in [-0.2, 0) is 9.53 Å². The molecule has 0 amide bonds. The molecule has 0 aliphatic carbocycles. The fourth-order valence-corrected chi connectivity index (χ4v) is 0.323. The van der Waals surface area contributed by atoms with Crippen molar-refractivity contribution in [2.75, 3.05) is 6.67 Å². The van der Waals surface area contributed by atoms with E-state index >= 15 is 0 Å². The normalized spacial score (nSPS) is 10.9. The van der Waals surface area contributed by atoms with Crippen LogP contribution in [0.1, 0.15) is 6.92 Å². The van der Waals surface area contributed by atoms with Crippen LogP contribution in [-0.4, -0.2) is 18.6 Å². The Balaban J connectivity index is 4.13. The van der Waals surface area contributed by atoms with Gasteiger partial charge in [0.05, 0.1) is 0 Å². The van der Waals surface area contributed by atoms with Gasteiger partial charge < -0.3 is 4.74 Å². The van der Waals surface area contributed by atoms with Crippen LogP contribution in [0.3, 0.4) is 0 Å². The highest BCUT2D eigenvalue weighted by Crippen LogP contribution is 2.23. The lowest BCUT2D eigenvalue weighted by atomic mass is 10.3. The molecule has 0 unspecified atom stereocenters. The van der Waals surface area contributed by atoms with Crippen molar-refractivity contribution in [3.63, 3.8) is 0 Å². The number of alkyl halides is 3. The zero-order valence-corrected chi connectivity index (χ0v) is 5.86. The number of carbonyl (C=O) groups excluding carboxylic acids is 1. The monoisotopic (exact) mass is 168 g/mol. The zero-order valence-electron chi connectivity index (χ0n) is 5.86. The van der Waals surface area contributed by atoms with Crippen molar-refractivity contribution in [3.8, 4) is 0 Å². The number of hydrogen-bond donors (Lipinski definition) is 0. The van der Waals surface area contributed by atoms with Crippen molar-refractivity contribution >= 4 is 5.97 Å². The first kappa shape index (κ1) is 10.0. The predicted octanol–water partition coefficient (Wildman–Crippen LogP) is 1.67. The molecule has 0 bridgehead atoms. The van der Waals surface area contributed by atoms with Crippen LogP contribution in [0, 0.1) is 0 Å². The fourth-order valence-electron chi connectivity index (χ4n) is 0.323. The Bertz CT molecular complexity index is 177. The van der Waals surface area contributed by atoms with Gasteiger partial charge in [-0.3, -0.25) is 4.79 Å². The third-order valence-corrected chi connectivity index (χ3v) is 0.843. The first-order valence-corrected chi connectivity index (χ1v) is 2.71. The minimum absolute atomic E-state index is 0.930. The highest BCUT2D eigenvalue weighted by Gasteiger charge is 2.35. The van der Waals surface area contributed by atoms with E-state index in [9.17, 15) is 18.0 Å². The largest absolute Gasteiger partial charge is 0.425 e. The van der Waals surface area contributed by atoms with Crippen LogP contribution in [0.25, 0.3) is 0 Å². The van der Waals surface area contributed by atoms with Crippen LogP contribution >= 0.6 is 0 Å². The summed E-state index contributed by atoms with van der Waals surface area (Å²) in [5.41, 5.74) is 0. The molecule has 64 valence electrons. The topological polar surface area (TPSA) is 26.3 Å². The minimum atomic E-state index is -3.77. The lowest BCUT2D eigenvalue weighted by Gasteiger charge is -2.13. The number of esters is 1. The Labute approximate surface area is 61.6 Å². The minimum Gasteiger partial charge on any atom is -0.425 e. The summed E-state index contributed by atoms with van der Waals surface area (Å²) in [5.74, 6) is -5.87. The van der Waals surface area contributed by atoms with Crippen molar-refractivity contribution in [3.05, 3.63) is 12.3 Å². The Kier molecular flexibility index (Phi) is 3.10. The highest BCUT2D eigenvalue weighted by molar-refractivity contribution is 5.67. The second kappa shape index (κ2) is 3.41. The molecule has 0 fully saturated rings. The standard InChI is InChI=1S/C6H7F3O2/c1-4(11-5(2)10)6(8,9)3-7/h1,3H2,2H3. The summed E-state index contributed by atoms with van der Waals surface area (Å²) in [4.78, 5) is 10.1. The van der Waals surface area contributed by atoms with Crippen LogP contribution in [0.5, 0.6) is 0 Å². The molecule has 0 spiro atoms. The van der Waals surface area contributed by atoms with Crippen LogP contribution in [0.4, 0.5) is 13.2 Å². The lowest BCUT2D eigenvalue weighted by Crippen LogP contribution is -2.24. The first-order chi connectivity index (χ1) is 4.90. The number of carbonyl (C=O) groups is 1. The average Bonchev–Trinajstić information content (AvgIpc) is 1.86. The van der Waals surface area contributed by atoms with E-state index in [1.54, 1.807) is 0 Å². The van der Waals surface area contributed by atoms with Gasteiger partial charge in [-0.15, -0.1) is 0 Å². The van der Waals surface area contributed by atoms with Gasteiger partial charge in [-0.1, -0.05) is 6.58 Å². The van der Waals surface area contributed by atoms with E-state index < -0.39 is 24.3 Å². The molecule has 0 saturated heterocycles. The second-order valence-electron chi connectivity index (χ2n) is 1.85. The zero-order chi connectivity index (χ0) is 9.07. The van der Waals surface area contributed by atoms with E-state index in [4.69, 9.17) is 0 Å². The van der Waals surface area contributed by atoms with Gasteiger partial charge in [-0.2, -0.15) is 8.78 Å². The number of halogens is 3. The molecule has 0 radical (unpaired) electrons. The smallest absolute Gasteiger partial charge is 0.331 e.